The maximum atomic E-state index is 12.1. The van der Waals surface area contributed by atoms with E-state index in [1.54, 1.807) is 0 Å². The summed E-state index contributed by atoms with van der Waals surface area (Å²) < 4.78 is 21.3. The van der Waals surface area contributed by atoms with Crippen LogP contribution in [-0.4, -0.2) is 124 Å². The standard InChI is InChI=1S/C27H47N7O9S/c28-34-30-10-12-41-14-16-43-18-17-42-15-13-40-11-8-24(36)31-20(26(37)38)5-3-4-9-29-23(35)7-2-1-6-22-25-21(19-44-22)32-27(39)33-25/h20-22,25H,1-19H2,(H,29,35)(H,31,36)(H,37,38)(H2,32,33,39)/t20-,21-,22-,25-/m0/s1. The molecule has 0 spiro atoms. The Morgan fingerprint density at radius 3 is 2.30 bits per heavy atom. The predicted octanol–water partition coefficient (Wildman–Crippen LogP) is 1.33. The molecule has 2 heterocycles. The van der Waals surface area contributed by atoms with E-state index in [1.807, 2.05) is 11.8 Å². The molecule has 5 N–H and O–H groups in total. The fraction of sp³-hybridized carbons (Fsp3) is 0.852. The van der Waals surface area contributed by atoms with Crippen LogP contribution in [0.4, 0.5) is 4.79 Å². The fourth-order valence-corrected chi connectivity index (χ4v) is 6.21. The van der Waals surface area contributed by atoms with Gasteiger partial charge in [-0.25, -0.2) is 9.59 Å². The predicted molar refractivity (Wildman–Crippen MR) is 162 cm³/mol. The van der Waals surface area contributed by atoms with E-state index in [9.17, 15) is 24.3 Å². The number of fused-ring (bicyclic) bond motifs is 1. The number of carboxylic acids is 1. The van der Waals surface area contributed by atoms with Crippen LogP contribution in [0.2, 0.25) is 0 Å². The third kappa shape index (κ3) is 16.9. The van der Waals surface area contributed by atoms with Crippen LogP contribution >= 0.6 is 11.8 Å². The molecule has 44 heavy (non-hydrogen) atoms. The summed E-state index contributed by atoms with van der Waals surface area (Å²) in [4.78, 5) is 49.9. The molecule has 0 radical (unpaired) electrons. The molecule has 2 fully saturated rings. The summed E-state index contributed by atoms with van der Waals surface area (Å²) in [6, 6.07) is -0.700. The number of carbonyl (C=O) groups is 4. The second-order valence-corrected chi connectivity index (χ2v) is 11.6. The lowest BCUT2D eigenvalue weighted by Gasteiger charge is -2.16. The Kier molecular flexibility index (Phi) is 20.0. The first-order valence-electron chi connectivity index (χ1n) is 15.2. The molecule has 250 valence electrons. The van der Waals surface area contributed by atoms with Crippen LogP contribution in [0, 0.1) is 0 Å². The number of carbonyl (C=O) groups excluding carboxylic acids is 3. The van der Waals surface area contributed by atoms with E-state index >= 15 is 0 Å². The van der Waals surface area contributed by atoms with Crippen LogP contribution in [-0.2, 0) is 33.3 Å². The number of ether oxygens (including phenoxy) is 4. The van der Waals surface area contributed by atoms with Gasteiger partial charge in [-0.1, -0.05) is 11.5 Å². The number of azide groups is 1. The molecule has 16 nitrogen and oxygen atoms in total. The highest BCUT2D eigenvalue weighted by Gasteiger charge is 2.42. The minimum atomic E-state index is -1.10. The van der Waals surface area contributed by atoms with Crippen LogP contribution in [0.3, 0.4) is 0 Å². The summed E-state index contributed by atoms with van der Waals surface area (Å²) in [7, 11) is 0. The SMILES string of the molecule is [N-]=[N+]=NCCOCCOCCOCCOCCC(=O)N[C@@H](CCCCNC(=O)CCCC[C@@H]1SC[C@@H]2NC(=O)N[C@@H]21)C(=O)O. The molecule has 2 aliphatic heterocycles. The van der Waals surface area contributed by atoms with Gasteiger partial charge in [-0.05, 0) is 37.6 Å². The molecule has 2 saturated heterocycles. The Hall–Kier alpha value is -2.82. The number of amides is 4. The van der Waals surface area contributed by atoms with E-state index in [2.05, 4.69) is 31.3 Å². The summed E-state index contributed by atoms with van der Waals surface area (Å²) in [6.45, 7) is 3.45. The molecule has 0 aromatic heterocycles. The lowest BCUT2D eigenvalue weighted by Crippen LogP contribution is -2.41. The van der Waals surface area contributed by atoms with Gasteiger partial charge in [0.25, 0.3) is 0 Å². The summed E-state index contributed by atoms with van der Waals surface area (Å²) in [5.74, 6) is -0.605. The average molecular weight is 646 g/mol. The van der Waals surface area contributed by atoms with E-state index in [-0.39, 0.29) is 50.0 Å². The monoisotopic (exact) mass is 645 g/mol. The van der Waals surface area contributed by atoms with Crippen LogP contribution in [0.1, 0.15) is 51.4 Å². The smallest absolute Gasteiger partial charge is 0.326 e. The Bertz CT molecular complexity index is 926. The maximum Gasteiger partial charge on any atom is 0.326 e. The zero-order valence-corrected chi connectivity index (χ0v) is 26.0. The third-order valence-electron chi connectivity index (χ3n) is 6.94. The van der Waals surface area contributed by atoms with Gasteiger partial charge in [0.05, 0.1) is 64.9 Å². The quantitative estimate of drug-likeness (QED) is 0.0283. The largest absolute Gasteiger partial charge is 0.480 e. The number of thioether (sulfide) groups is 1. The normalized spacial score (nSPS) is 19.4. The number of urea groups is 1. The van der Waals surface area contributed by atoms with Crippen LogP contribution < -0.4 is 21.3 Å². The van der Waals surface area contributed by atoms with Gasteiger partial charge in [0.2, 0.25) is 11.8 Å². The minimum Gasteiger partial charge on any atom is -0.480 e. The zero-order chi connectivity index (χ0) is 31.8. The molecule has 0 unspecified atom stereocenters. The Balaban J connectivity index is 1.38. The van der Waals surface area contributed by atoms with Crippen molar-refractivity contribution in [3.8, 4) is 0 Å². The lowest BCUT2D eigenvalue weighted by molar-refractivity contribution is -0.142. The van der Waals surface area contributed by atoms with E-state index in [4.69, 9.17) is 24.5 Å². The van der Waals surface area contributed by atoms with Crippen LogP contribution in [0.15, 0.2) is 5.11 Å². The molecule has 0 bridgehead atoms. The topological polar surface area (TPSA) is 222 Å². The molecular formula is C27H47N7O9S. The molecule has 17 heteroatoms. The molecule has 0 aromatic carbocycles. The van der Waals surface area contributed by atoms with Gasteiger partial charge < -0.3 is 45.3 Å². The summed E-state index contributed by atoms with van der Waals surface area (Å²) in [6.07, 6.45) is 4.55. The highest BCUT2D eigenvalue weighted by molar-refractivity contribution is 8.00. The van der Waals surface area contributed by atoms with Crippen LogP contribution in [0.25, 0.3) is 10.4 Å². The average Bonchev–Trinajstić information content (AvgIpc) is 3.55. The van der Waals surface area contributed by atoms with Gasteiger partial charge in [0, 0.05) is 41.8 Å². The Labute approximate surface area is 262 Å². The van der Waals surface area contributed by atoms with Crippen molar-refractivity contribution < 1.29 is 43.2 Å². The van der Waals surface area contributed by atoms with Gasteiger partial charge in [-0.2, -0.15) is 11.8 Å². The van der Waals surface area contributed by atoms with Gasteiger partial charge in [0.1, 0.15) is 6.04 Å². The van der Waals surface area contributed by atoms with Gasteiger partial charge >= 0.3 is 12.0 Å². The van der Waals surface area contributed by atoms with E-state index in [0.29, 0.717) is 77.3 Å². The molecule has 2 rings (SSSR count). The number of nitrogens with one attached hydrogen (secondary N) is 4. The Morgan fingerprint density at radius 2 is 1.61 bits per heavy atom. The van der Waals surface area contributed by atoms with Crippen molar-refractivity contribution in [3.63, 3.8) is 0 Å². The first kappa shape index (κ1) is 37.4. The van der Waals surface area contributed by atoms with Gasteiger partial charge in [0.15, 0.2) is 0 Å². The number of hydrogen-bond acceptors (Lipinski definition) is 10. The van der Waals surface area contributed by atoms with Crippen LogP contribution in [0.5, 0.6) is 0 Å². The molecule has 0 saturated carbocycles. The second-order valence-electron chi connectivity index (χ2n) is 10.3. The van der Waals surface area contributed by atoms with Crippen molar-refractivity contribution in [2.75, 3.05) is 71.7 Å². The van der Waals surface area contributed by atoms with E-state index < -0.39 is 17.9 Å². The second kappa shape index (κ2) is 23.5. The Morgan fingerprint density at radius 1 is 0.932 bits per heavy atom. The number of rotatable bonds is 27. The minimum absolute atomic E-state index is 0.0265. The van der Waals surface area contributed by atoms with Crippen molar-refractivity contribution in [1.29, 1.82) is 0 Å². The van der Waals surface area contributed by atoms with Crippen molar-refractivity contribution >= 4 is 35.6 Å². The van der Waals surface area contributed by atoms with Crippen molar-refractivity contribution in [1.82, 2.24) is 21.3 Å². The summed E-state index contributed by atoms with van der Waals surface area (Å²) in [5, 5.41) is 24.5. The number of unbranched alkanes of at least 4 members (excludes halogenated alkanes) is 2. The summed E-state index contributed by atoms with van der Waals surface area (Å²) in [5.41, 5.74) is 8.14. The highest BCUT2D eigenvalue weighted by Crippen LogP contribution is 2.33. The van der Waals surface area contributed by atoms with Crippen molar-refractivity contribution in [2.45, 2.75) is 74.7 Å². The molecule has 0 aromatic rings. The molecule has 4 atom stereocenters. The van der Waals surface area contributed by atoms with Gasteiger partial charge in [-0.3, -0.25) is 9.59 Å². The number of aliphatic carboxylic acids is 1. The molecular weight excluding hydrogens is 598 g/mol. The van der Waals surface area contributed by atoms with E-state index in [1.165, 1.54) is 0 Å². The van der Waals surface area contributed by atoms with Crippen molar-refractivity contribution in [2.24, 2.45) is 5.11 Å². The lowest BCUT2D eigenvalue weighted by atomic mass is 10.0. The number of hydrogen-bond donors (Lipinski definition) is 5. The third-order valence-corrected chi connectivity index (χ3v) is 8.45. The zero-order valence-electron chi connectivity index (χ0n) is 25.2. The summed E-state index contributed by atoms with van der Waals surface area (Å²) >= 11 is 1.86. The molecule has 2 aliphatic rings. The number of nitrogens with zero attached hydrogens (tertiary/aromatic N) is 3. The first-order valence-corrected chi connectivity index (χ1v) is 16.2. The molecule has 4 amide bonds. The van der Waals surface area contributed by atoms with Gasteiger partial charge in [-0.15, -0.1) is 0 Å². The first-order chi connectivity index (χ1) is 21.4. The fourth-order valence-electron chi connectivity index (χ4n) is 4.66. The molecule has 0 aliphatic carbocycles. The number of carboxylic acid groups (broad SMARTS) is 1. The maximum absolute atomic E-state index is 12.1. The highest BCUT2D eigenvalue weighted by atomic mass is 32.2. The van der Waals surface area contributed by atoms with Crippen molar-refractivity contribution in [3.05, 3.63) is 10.4 Å². The van der Waals surface area contributed by atoms with E-state index in [0.717, 1.165) is 25.0 Å².